The van der Waals surface area contributed by atoms with Crippen LogP contribution < -0.4 is 4.74 Å². The van der Waals surface area contributed by atoms with Crippen LogP contribution in [0.2, 0.25) is 0 Å². The smallest absolute Gasteiger partial charge is 0.303 e. The molecule has 0 saturated carbocycles. The summed E-state index contributed by atoms with van der Waals surface area (Å²) < 4.78 is 5.22. The van der Waals surface area contributed by atoms with Crippen molar-refractivity contribution < 1.29 is 29.6 Å². The lowest BCUT2D eigenvalue weighted by Gasteiger charge is -2.06. The van der Waals surface area contributed by atoms with Gasteiger partial charge in [0.2, 0.25) is 0 Å². The Bertz CT molecular complexity index is 360. The number of para-hydroxylation sites is 1. The lowest BCUT2D eigenvalue weighted by molar-refractivity contribution is -0.143. The molecule has 106 valence electrons. The Morgan fingerprint density at radius 2 is 1.58 bits per heavy atom. The molecule has 6 heteroatoms. The van der Waals surface area contributed by atoms with Gasteiger partial charge in [0.1, 0.15) is 12.4 Å². The maximum Gasteiger partial charge on any atom is 0.303 e. The van der Waals surface area contributed by atoms with Crippen molar-refractivity contribution in [3.05, 3.63) is 30.3 Å². The predicted octanol–water partition coefficient (Wildman–Crippen LogP) is 1.38. The predicted molar refractivity (Wildman–Crippen MR) is 68.1 cm³/mol. The van der Waals surface area contributed by atoms with Crippen LogP contribution >= 0.6 is 0 Å². The van der Waals surface area contributed by atoms with Crippen molar-refractivity contribution in [1.29, 1.82) is 0 Å². The van der Waals surface area contributed by atoms with Crippen LogP contribution in [-0.4, -0.2) is 40.0 Å². The molecule has 0 fully saturated rings. The van der Waals surface area contributed by atoms with Crippen LogP contribution in [0.15, 0.2) is 30.3 Å². The highest BCUT2D eigenvalue weighted by molar-refractivity contribution is 5.75. The minimum absolute atomic E-state index is 0.296. The van der Waals surface area contributed by atoms with Crippen molar-refractivity contribution >= 4 is 11.9 Å². The molecule has 1 rings (SSSR count). The number of aliphatic carboxylic acids is 2. The second-order valence-electron chi connectivity index (χ2n) is 3.76. The van der Waals surface area contributed by atoms with Gasteiger partial charge >= 0.3 is 11.9 Å². The molecule has 0 aliphatic carbocycles. The number of ether oxygens (including phenoxy) is 1. The average molecular weight is 270 g/mol. The number of benzene rings is 1. The van der Waals surface area contributed by atoms with Crippen LogP contribution in [0.5, 0.6) is 5.75 Å². The molecular formula is C13H18O6. The second kappa shape index (κ2) is 9.90. The third-order valence-corrected chi connectivity index (χ3v) is 1.79. The van der Waals surface area contributed by atoms with Gasteiger partial charge in [-0.25, -0.2) is 0 Å². The molecule has 1 atom stereocenters. The number of hydrogen-bond acceptors (Lipinski definition) is 4. The third kappa shape index (κ3) is 12.2. The molecule has 0 aromatic heterocycles. The molecule has 0 bridgehead atoms. The minimum Gasteiger partial charge on any atom is -0.491 e. The quantitative estimate of drug-likeness (QED) is 0.721. The van der Waals surface area contributed by atoms with Gasteiger partial charge in [0.05, 0.1) is 18.9 Å². The zero-order valence-corrected chi connectivity index (χ0v) is 10.7. The van der Waals surface area contributed by atoms with Gasteiger partial charge in [-0.2, -0.15) is 0 Å². The van der Waals surface area contributed by atoms with Gasteiger partial charge in [-0.1, -0.05) is 18.2 Å². The summed E-state index contributed by atoms with van der Waals surface area (Å²) in [6, 6.07) is 9.45. The first-order valence-electron chi connectivity index (χ1n) is 5.71. The molecule has 6 nitrogen and oxygen atoms in total. The first-order chi connectivity index (χ1) is 8.91. The Labute approximate surface area is 111 Å². The lowest BCUT2D eigenvalue weighted by atomic mass is 10.3. The number of rotatable bonds is 6. The van der Waals surface area contributed by atoms with Crippen molar-refractivity contribution in [2.75, 3.05) is 6.61 Å². The highest BCUT2D eigenvalue weighted by atomic mass is 16.5. The van der Waals surface area contributed by atoms with Gasteiger partial charge in [-0.15, -0.1) is 0 Å². The molecule has 3 N–H and O–H groups in total. The number of aliphatic hydroxyl groups excluding tert-OH is 1. The molecule has 1 aromatic carbocycles. The Balaban J connectivity index is 0.000000362. The highest BCUT2D eigenvalue weighted by Crippen LogP contribution is 2.07. The maximum absolute atomic E-state index is 9.64. The Morgan fingerprint density at radius 1 is 1.11 bits per heavy atom. The summed E-state index contributed by atoms with van der Waals surface area (Å²) in [5, 5.41) is 24.7. The summed E-state index contributed by atoms with van der Waals surface area (Å²) in [7, 11) is 0. The first-order valence-corrected chi connectivity index (χ1v) is 5.71. The number of carbonyl (C=O) groups is 2. The van der Waals surface area contributed by atoms with E-state index in [2.05, 4.69) is 0 Å². The van der Waals surface area contributed by atoms with Crippen LogP contribution in [-0.2, 0) is 9.59 Å². The zero-order valence-electron chi connectivity index (χ0n) is 10.7. The van der Waals surface area contributed by atoms with E-state index >= 15 is 0 Å². The number of carboxylic acids is 2. The van der Waals surface area contributed by atoms with Crippen LogP contribution in [0.1, 0.15) is 19.8 Å². The van der Waals surface area contributed by atoms with Gasteiger partial charge in [0.25, 0.3) is 0 Å². The van der Waals surface area contributed by atoms with E-state index < -0.39 is 18.0 Å². The van der Waals surface area contributed by atoms with Gasteiger partial charge in [-0.05, 0) is 19.1 Å². The summed E-state index contributed by atoms with van der Waals surface area (Å²) >= 11 is 0. The SMILES string of the molecule is CC(O)COc1ccccc1.O=C(O)CCC(=O)O. The van der Waals surface area contributed by atoms with Crippen molar-refractivity contribution in [2.24, 2.45) is 0 Å². The summed E-state index contributed by atoms with van der Waals surface area (Å²) in [6.07, 6.45) is -1.000. The molecule has 0 heterocycles. The lowest BCUT2D eigenvalue weighted by Crippen LogP contribution is -2.12. The third-order valence-electron chi connectivity index (χ3n) is 1.79. The fourth-order valence-electron chi connectivity index (χ4n) is 0.947. The van der Waals surface area contributed by atoms with Crippen molar-refractivity contribution in [3.63, 3.8) is 0 Å². The van der Waals surface area contributed by atoms with E-state index in [0.717, 1.165) is 5.75 Å². The monoisotopic (exact) mass is 270 g/mol. The van der Waals surface area contributed by atoms with Crippen molar-refractivity contribution in [3.8, 4) is 5.75 Å². The molecule has 0 saturated heterocycles. The first kappa shape index (κ1) is 16.9. The van der Waals surface area contributed by atoms with E-state index in [1.54, 1.807) is 6.92 Å². The second-order valence-corrected chi connectivity index (χ2v) is 3.76. The molecule has 0 spiro atoms. The van der Waals surface area contributed by atoms with E-state index in [4.69, 9.17) is 20.1 Å². The minimum atomic E-state index is -1.08. The van der Waals surface area contributed by atoms with Gasteiger partial charge in [-0.3, -0.25) is 9.59 Å². The maximum atomic E-state index is 9.64. The molecule has 0 amide bonds. The van der Waals surface area contributed by atoms with Crippen LogP contribution in [0.4, 0.5) is 0 Å². The molecule has 0 radical (unpaired) electrons. The van der Waals surface area contributed by atoms with Gasteiger partial charge in [0.15, 0.2) is 0 Å². The molecule has 1 unspecified atom stereocenters. The molecule has 0 aliphatic rings. The Morgan fingerprint density at radius 3 is 1.95 bits per heavy atom. The molecule has 1 aromatic rings. The fraction of sp³-hybridized carbons (Fsp3) is 0.385. The molecular weight excluding hydrogens is 252 g/mol. The fourth-order valence-corrected chi connectivity index (χ4v) is 0.947. The summed E-state index contributed by atoms with van der Waals surface area (Å²) in [6.45, 7) is 2.05. The summed E-state index contributed by atoms with van der Waals surface area (Å²) in [5.74, 6) is -1.35. The topological polar surface area (TPSA) is 104 Å². The normalized spacial score (nSPS) is 10.8. The van der Waals surface area contributed by atoms with Crippen molar-refractivity contribution in [1.82, 2.24) is 0 Å². The Kier molecular flexibility index (Phi) is 8.82. The Hall–Kier alpha value is -2.08. The van der Waals surface area contributed by atoms with Gasteiger partial charge < -0.3 is 20.1 Å². The largest absolute Gasteiger partial charge is 0.491 e. The number of aliphatic hydroxyl groups is 1. The highest BCUT2D eigenvalue weighted by Gasteiger charge is 2.00. The van der Waals surface area contributed by atoms with Crippen LogP contribution in [0.25, 0.3) is 0 Å². The summed E-state index contributed by atoms with van der Waals surface area (Å²) in [5.41, 5.74) is 0. The van der Waals surface area contributed by atoms with E-state index in [9.17, 15) is 9.59 Å². The molecule has 0 aliphatic heterocycles. The number of carboxylic acid groups (broad SMARTS) is 2. The van der Waals surface area contributed by atoms with E-state index in [1.807, 2.05) is 30.3 Å². The molecule has 19 heavy (non-hydrogen) atoms. The van der Waals surface area contributed by atoms with E-state index in [-0.39, 0.29) is 12.8 Å². The van der Waals surface area contributed by atoms with Gasteiger partial charge in [0, 0.05) is 0 Å². The van der Waals surface area contributed by atoms with Crippen LogP contribution in [0, 0.1) is 0 Å². The summed E-state index contributed by atoms with van der Waals surface area (Å²) in [4.78, 5) is 19.3. The standard InChI is InChI=1S/C9H12O2.C4H6O4/c1-8(10)7-11-9-5-3-2-4-6-9;5-3(6)1-2-4(7)8/h2-6,8,10H,7H2,1H3;1-2H2,(H,5,6)(H,7,8). The van der Waals surface area contributed by atoms with E-state index in [1.165, 1.54) is 0 Å². The van der Waals surface area contributed by atoms with Crippen molar-refractivity contribution in [2.45, 2.75) is 25.9 Å². The van der Waals surface area contributed by atoms with E-state index in [0.29, 0.717) is 6.61 Å². The number of hydrogen-bond donors (Lipinski definition) is 3. The average Bonchev–Trinajstić information content (AvgIpc) is 2.36. The zero-order chi connectivity index (χ0) is 14.7. The van der Waals surface area contributed by atoms with Crippen LogP contribution in [0.3, 0.4) is 0 Å².